The van der Waals surface area contributed by atoms with Crippen LogP contribution in [0.2, 0.25) is 0 Å². The van der Waals surface area contributed by atoms with E-state index in [2.05, 4.69) is 5.73 Å². The topological polar surface area (TPSA) is 126 Å². The Bertz CT molecular complexity index is 45.0. The summed E-state index contributed by atoms with van der Waals surface area (Å²) in [5.41, 5.74) is 4.57. The van der Waals surface area contributed by atoms with Crippen molar-refractivity contribution in [1.82, 2.24) is 0 Å². The molecule has 0 aliphatic rings. The van der Waals surface area contributed by atoms with Crippen LogP contribution < -0.4 is 5.73 Å². The van der Waals surface area contributed by atoms with Gasteiger partial charge in [0.2, 0.25) is 0 Å². The van der Waals surface area contributed by atoms with Gasteiger partial charge in [0.1, 0.15) is 0 Å². The van der Waals surface area contributed by atoms with E-state index in [0.717, 1.165) is 0 Å². The predicted molar refractivity (Wildman–Crippen MR) is 23.9 cm³/mol. The van der Waals surface area contributed by atoms with Crippen molar-refractivity contribution < 1.29 is 20.9 Å². The number of carbonyl (C=O) groups is 1. The fraction of sp³-hybridized carbons (Fsp3) is 0.500. The first-order chi connectivity index (χ1) is 2.27. The summed E-state index contributed by atoms with van der Waals surface area (Å²) < 4.78 is 0. The fourth-order valence-electron chi connectivity index (χ4n) is 0. The Labute approximate surface area is 40.4 Å². The fourth-order valence-corrected chi connectivity index (χ4v) is 0. The smallest absolute Gasteiger partial charge is 0.317 e. The third-order valence-electron chi connectivity index (χ3n) is 0.175. The lowest BCUT2D eigenvalue weighted by Gasteiger charge is -1.73. The van der Waals surface area contributed by atoms with E-state index < -0.39 is 5.97 Å². The third-order valence-corrected chi connectivity index (χ3v) is 0.175. The first-order valence-electron chi connectivity index (χ1n) is 1.19. The van der Waals surface area contributed by atoms with Gasteiger partial charge in [0.15, 0.2) is 0 Å². The number of carboxylic acids is 1. The lowest BCUT2D eigenvalue weighted by molar-refractivity contribution is -0.135. The van der Waals surface area contributed by atoms with Gasteiger partial charge < -0.3 is 21.8 Å². The van der Waals surface area contributed by atoms with Crippen molar-refractivity contribution in [2.75, 3.05) is 6.54 Å². The molecule has 0 saturated carbocycles. The average Bonchev–Trinajstić information content (AvgIpc) is 1.38. The Kier molecular flexibility index (Phi) is 20.9. The quantitative estimate of drug-likeness (QED) is 0.384. The Balaban J connectivity index is -0.0000000800. The molecule has 0 atom stereocenters. The Morgan fingerprint density at radius 2 is 1.71 bits per heavy atom. The molecule has 0 aromatic rings. The number of hydrogen-bond donors (Lipinski definition) is 2. The van der Waals surface area contributed by atoms with Crippen LogP contribution in [-0.4, -0.2) is 28.6 Å². The van der Waals surface area contributed by atoms with Crippen molar-refractivity contribution in [2.24, 2.45) is 5.73 Å². The second kappa shape index (κ2) is 9.02. The molecule has 0 heterocycles. The van der Waals surface area contributed by atoms with Crippen LogP contribution in [0.15, 0.2) is 0 Å². The van der Waals surface area contributed by atoms with Crippen LogP contribution in [0, 0.1) is 0 Å². The van der Waals surface area contributed by atoms with Crippen molar-refractivity contribution in [2.45, 2.75) is 0 Å². The molecule has 0 aromatic heterocycles. The van der Waals surface area contributed by atoms with Gasteiger partial charge in [0.25, 0.3) is 0 Å². The maximum atomic E-state index is 9.24. The molecule has 0 aliphatic carbocycles. The van der Waals surface area contributed by atoms with Crippen molar-refractivity contribution in [3.63, 3.8) is 0 Å². The molecule has 7 N–H and O–H groups in total. The van der Waals surface area contributed by atoms with Crippen molar-refractivity contribution in [3.05, 3.63) is 0 Å². The van der Waals surface area contributed by atoms with Crippen molar-refractivity contribution >= 4 is 5.97 Å². The Morgan fingerprint density at radius 1 is 1.57 bits per heavy atom. The van der Waals surface area contributed by atoms with E-state index in [-0.39, 0.29) is 17.5 Å². The van der Waals surface area contributed by atoms with Crippen LogP contribution in [0.1, 0.15) is 0 Å². The van der Waals surface area contributed by atoms with E-state index in [4.69, 9.17) is 5.11 Å². The zero-order chi connectivity index (χ0) is 4.28. The SMILES string of the molecule is NCC(=O)O.O.O. The molecule has 46 valence electrons. The van der Waals surface area contributed by atoms with Gasteiger partial charge in [-0.05, 0) is 0 Å². The maximum absolute atomic E-state index is 9.24. The molecular formula is C2H9NO4. The van der Waals surface area contributed by atoms with Crippen LogP contribution in [0.4, 0.5) is 0 Å². The summed E-state index contributed by atoms with van der Waals surface area (Å²) in [6.07, 6.45) is 0. The van der Waals surface area contributed by atoms with Gasteiger partial charge in [0.05, 0.1) is 6.54 Å². The van der Waals surface area contributed by atoms with Crippen molar-refractivity contribution in [3.8, 4) is 0 Å². The molecule has 0 spiro atoms. The normalized spacial score (nSPS) is 5.29. The summed E-state index contributed by atoms with van der Waals surface area (Å²) in [4.78, 5) is 9.24. The summed E-state index contributed by atoms with van der Waals surface area (Å²) in [6, 6.07) is 0. The van der Waals surface area contributed by atoms with E-state index >= 15 is 0 Å². The van der Waals surface area contributed by atoms with Crippen LogP contribution >= 0.6 is 0 Å². The van der Waals surface area contributed by atoms with Gasteiger partial charge in [-0.3, -0.25) is 4.79 Å². The van der Waals surface area contributed by atoms with Gasteiger partial charge in [-0.25, -0.2) is 0 Å². The molecule has 0 rings (SSSR count). The molecule has 0 aliphatic heterocycles. The highest BCUT2D eigenvalue weighted by molar-refractivity contribution is 5.68. The summed E-state index contributed by atoms with van der Waals surface area (Å²) >= 11 is 0. The molecule has 7 heavy (non-hydrogen) atoms. The van der Waals surface area contributed by atoms with Crippen LogP contribution in [-0.2, 0) is 4.79 Å². The zero-order valence-corrected chi connectivity index (χ0v) is 3.64. The van der Waals surface area contributed by atoms with E-state index in [1.165, 1.54) is 0 Å². The number of rotatable bonds is 1. The minimum atomic E-state index is -0.968. The highest BCUT2D eigenvalue weighted by Gasteiger charge is 1.81. The van der Waals surface area contributed by atoms with Crippen LogP contribution in [0.3, 0.4) is 0 Å². The first kappa shape index (κ1) is 16.2. The summed E-state index contributed by atoms with van der Waals surface area (Å²) in [5, 5.41) is 7.60. The van der Waals surface area contributed by atoms with E-state index in [0.29, 0.717) is 0 Å². The first-order valence-corrected chi connectivity index (χ1v) is 1.19. The van der Waals surface area contributed by atoms with E-state index in [1.807, 2.05) is 0 Å². The minimum absolute atomic E-state index is 0. The third kappa shape index (κ3) is 32.9. The van der Waals surface area contributed by atoms with E-state index in [9.17, 15) is 4.79 Å². The standard InChI is InChI=1S/C2H5NO2.2H2O/c3-1-2(4)5;;/h1,3H2,(H,4,5);2*1H2. The van der Waals surface area contributed by atoms with Gasteiger partial charge in [-0.2, -0.15) is 0 Å². The monoisotopic (exact) mass is 111 g/mol. The molecule has 0 saturated heterocycles. The number of hydrogen-bond acceptors (Lipinski definition) is 2. The molecule has 0 fully saturated rings. The van der Waals surface area contributed by atoms with Gasteiger partial charge in [-0.1, -0.05) is 0 Å². The molecule has 0 radical (unpaired) electrons. The lowest BCUT2D eigenvalue weighted by Crippen LogP contribution is -2.10. The van der Waals surface area contributed by atoms with E-state index in [1.54, 1.807) is 0 Å². The molecule has 5 nitrogen and oxygen atoms in total. The summed E-state index contributed by atoms with van der Waals surface area (Å²) in [6.45, 7) is -0.278. The largest absolute Gasteiger partial charge is 0.480 e. The second-order valence-electron chi connectivity index (χ2n) is 0.598. The molecule has 0 unspecified atom stereocenters. The number of carboxylic acid groups (broad SMARTS) is 1. The van der Waals surface area contributed by atoms with Gasteiger partial charge in [0, 0.05) is 0 Å². The summed E-state index contributed by atoms with van der Waals surface area (Å²) in [5.74, 6) is -0.968. The highest BCUT2D eigenvalue weighted by Crippen LogP contribution is 1.43. The molecular weight excluding hydrogens is 102 g/mol. The predicted octanol–water partition coefficient (Wildman–Crippen LogP) is -2.62. The minimum Gasteiger partial charge on any atom is -0.480 e. The molecule has 0 aromatic carbocycles. The Morgan fingerprint density at radius 3 is 1.71 bits per heavy atom. The van der Waals surface area contributed by atoms with Crippen molar-refractivity contribution in [1.29, 1.82) is 0 Å². The van der Waals surface area contributed by atoms with Crippen LogP contribution in [0.25, 0.3) is 0 Å². The average molecular weight is 111 g/mol. The lowest BCUT2D eigenvalue weighted by atomic mass is 10.7. The Hall–Kier alpha value is -0.650. The number of nitrogens with two attached hydrogens (primary N) is 1. The maximum Gasteiger partial charge on any atom is 0.317 e. The van der Waals surface area contributed by atoms with Gasteiger partial charge >= 0.3 is 5.97 Å². The second-order valence-corrected chi connectivity index (χ2v) is 0.598. The van der Waals surface area contributed by atoms with Gasteiger partial charge in [-0.15, -0.1) is 0 Å². The van der Waals surface area contributed by atoms with Crippen LogP contribution in [0.5, 0.6) is 0 Å². The molecule has 5 heteroatoms. The summed E-state index contributed by atoms with van der Waals surface area (Å²) in [7, 11) is 0. The molecule has 0 amide bonds. The molecule has 0 bridgehead atoms. The highest BCUT2D eigenvalue weighted by atomic mass is 16.4. The zero-order valence-electron chi connectivity index (χ0n) is 3.64. The number of aliphatic carboxylic acids is 1.